The summed E-state index contributed by atoms with van der Waals surface area (Å²) in [4.78, 5) is 11.1. The molecule has 0 aromatic heterocycles. The van der Waals surface area contributed by atoms with Crippen molar-refractivity contribution in [2.45, 2.75) is 12.5 Å². The summed E-state index contributed by atoms with van der Waals surface area (Å²) in [7, 11) is 0. The van der Waals surface area contributed by atoms with E-state index in [1.807, 2.05) is 0 Å². The molecule has 4 nitrogen and oxygen atoms in total. The molecule has 1 aliphatic rings. The third kappa shape index (κ3) is 2.22. The Morgan fingerprint density at radius 3 is 3.18 bits per heavy atom. The Balaban J connectivity index is 2.24. The lowest BCUT2D eigenvalue weighted by atomic mass is 10.2. The minimum atomic E-state index is -0.122. The largest absolute Gasteiger partial charge is 0.344 e. The molecular formula is C7H11N3O. The molecule has 0 bridgehead atoms. The molecule has 1 unspecified atom stereocenters. The van der Waals surface area contributed by atoms with Crippen molar-refractivity contribution in [2.24, 2.45) is 0 Å². The Hall–Kier alpha value is -1.05. The number of hydrazine groups is 1. The maximum atomic E-state index is 11.1. The van der Waals surface area contributed by atoms with E-state index in [2.05, 4.69) is 22.1 Å². The van der Waals surface area contributed by atoms with E-state index < -0.39 is 0 Å². The Bertz CT molecular complexity index is 179. The number of hydrogen-bond donors (Lipinski definition) is 3. The van der Waals surface area contributed by atoms with E-state index in [1.54, 1.807) is 0 Å². The highest BCUT2D eigenvalue weighted by molar-refractivity contribution is 5.82. The van der Waals surface area contributed by atoms with Crippen LogP contribution in [0.4, 0.5) is 0 Å². The Morgan fingerprint density at radius 2 is 2.64 bits per heavy atom. The van der Waals surface area contributed by atoms with Crippen molar-refractivity contribution >= 4 is 5.91 Å². The molecule has 1 amide bonds. The number of nitrogens with one attached hydrogen (secondary N) is 3. The van der Waals surface area contributed by atoms with Crippen LogP contribution in [0.15, 0.2) is 0 Å². The first-order valence-corrected chi connectivity index (χ1v) is 3.54. The van der Waals surface area contributed by atoms with Gasteiger partial charge in [-0.1, -0.05) is 5.92 Å². The van der Waals surface area contributed by atoms with E-state index in [0.29, 0.717) is 6.54 Å². The van der Waals surface area contributed by atoms with Crippen LogP contribution in [0.3, 0.4) is 0 Å². The molecule has 1 atom stereocenters. The highest BCUT2D eigenvalue weighted by Gasteiger charge is 2.20. The van der Waals surface area contributed by atoms with Gasteiger partial charge in [0, 0.05) is 6.54 Å². The smallest absolute Gasteiger partial charge is 0.239 e. The maximum absolute atomic E-state index is 11.1. The summed E-state index contributed by atoms with van der Waals surface area (Å²) in [5.41, 5.74) is 5.70. The molecular weight excluding hydrogens is 142 g/mol. The van der Waals surface area contributed by atoms with Crippen molar-refractivity contribution in [3.05, 3.63) is 0 Å². The van der Waals surface area contributed by atoms with Gasteiger partial charge in [-0.15, -0.1) is 6.42 Å². The molecule has 0 saturated carbocycles. The minimum absolute atomic E-state index is 0.0343. The second kappa shape index (κ2) is 3.96. The highest BCUT2D eigenvalue weighted by Crippen LogP contribution is 1.94. The van der Waals surface area contributed by atoms with E-state index in [4.69, 9.17) is 6.42 Å². The first-order chi connectivity index (χ1) is 5.34. The lowest BCUT2D eigenvalue weighted by Gasteiger charge is -2.07. The Labute approximate surface area is 65.7 Å². The van der Waals surface area contributed by atoms with E-state index in [-0.39, 0.29) is 11.9 Å². The van der Waals surface area contributed by atoms with Crippen molar-refractivity contribution in [3.8, 4) is 12.3 Å². The SMILES string of the molecule is C#CCNC(=O)C1CCNN1. The van der Waals surface area contributed by atoms with Crippen LogP contribution >= 0.6 is 0 Å². The van der Waals surface area contributed by atoms with Crippen LogP contribution in [-0.2, 0) is 4.79 Å². The van der Waals surface area contributed by atoms with Gasteiger partial charge in [0.25, 0.3) is 0 Å². The normalized spacial score (nSPS) is 22.6. The first-order valence-electron chi connectivity index (χ1n) is 3.54. The molecule has 1 saturated heterocycles. The van der Waals surface area contributed by atoms with Crippen LogP contribution in [0.25, 0.3) is 0 Å². The first kappa shape index (κ1) is 8.05. The predicted octanol–water partition coefficient (Wildman–Crippen LogP) is -1.40. The van der Waals surface area contributed by atoms with Gasteiger partial charge < -0.3 is 5.32 Å². The Kier molecular flexibility index (Phi) is 2.90. The molecule has 0 aliphatic carbocycles. The fourth-order valence-corrected chi connectivity index (χ4v) is 0.942. The van der Waals surface area contributed by atoms with Crippen molar-refractivity contribution in [2.75, 3.05) is 13.1 Å². The number of hydrogen-bond acceptors (Lipinski definition) is 3. The van der Waals surface area contributed by atoms with Gasteiger partial charge >= 0.3 is 0 Å². The molecule has 11 heavy (non-hydrogen) atoms. The average molecular weight is 153 g/mol. The number of carbonyl (C=O) groups is 1. The molecule has 60 valence electrons. The molecule has 3 N–H and O–H groups in total. The van der Waals surface area contributed by atoms with Crippen LogP contribution < -0.4 is 16.2 Å². The zero-order valence-electron chi connectivity index (χ0n) is 6.18. The topological polar surface area (TPSA) is 53.2 Å². The average Bonchev–Trinajstić information content (AvgIpc) is 2.52. The zero-order valence-corrected chi connectivity index (χ0v) is 6.18. The molecule has 1 rings (SSSR count). The van der Waals surface area contributed by atoms with E-state index in [9.17, 15) is 4.79 Å². The zero-order chi connectivity index (χ0) is 8.10. The highest BCUT2D eigenvalue weighted by atomic mass is 16.2. The summed E-state index contributed by atoms with van der Waals surface area (Å²) in [6.45, 7) is 1.13. The molecule has 0 radical (unpaired) electrons. The second-order valence-corrected chi connectivity index (χ2v) is 2.33. The lowest BCUT2D eigenvalue weighted by molar-refractivity contribution is -0.122. The van der Waals surface area contributed by atoms with Crippen LogP contribution in [0, 0.1) is 12.3 Å². The van der Waals surface area contributed by atoms with Crippen LogP contribution in [-0.4, -0.2) is 25.0 Å². The predicted molar refractivity (Wildman–Crippen MR) is 41.4 cm³/mol. The number of rotatable bonds is 2. The van der Waals surface area contributed by atoms with Crippen LogP contribution in [0.2, 0.25) is 0 Å². The maximum Gasteiger partial charge on any atom is 0.239 e. The van der Waals surface area contributed by atoms with Gasteiger partial charge in [0.2, 0.25) is 5.91 Å². The van der Waals surface area contributed by atoms with E-state index >= 15 is 0 Å². The summed E-state index contributed by atoms with van der Waals surface area (Å²) in [6.07, 6.45) is 5.79. The third-order valence-corrected chi connectivity index (χ3v) is 1.52. The van der Waals surface area contributed by atoms with E-state index in [0.717, 1.165) is 13.0 Å². The third-order valence-electron chi connectivity index (χ3n) is 1.52. The van der Waals surface area contributed by atoms with Gasteiger partial charge in [-0.05, 0) is 6.42 Å². The van der Waals surface area contributed by atoms with Gasteiger partial charge in [0.05, 0.1) is 6.54 Å². The fraction of sp³-hybridized carbons (Fsp3) is 0.571. The van der Waals surface area contributed by atoms with E-state index in [1.165, 1.54) is 0 Å². The fourth-order valence-electron chi connectivity index (χ4n) is 0.942. The van der Waals surface area contributed by atoms with Crippen LogP contribution in [0.5, 0.6) is 0 Å². The van der Waals surface area contributed by atoms with Gasteiger partial charge in [0.1, 0.15) is 6.04 Å². The quantitative estimate of drug-likeness (QED) is 0.428. The summed E-state index contributed by atoms with van der Waals surface area (Å²) < 4.78 is 0. The standard InChI is InChI=1S/C7H11N3O/c1-2-4-8-7(11)6-3-5-9-10-6/h1,6,9-10H,3-5H2,(H,8,11). The summed E-state index contributed by atoms with van der Waals surface area (Å²) in [6, 6.07) is -0.122. The van der Waals surface area contributed by atoms with Crippen molar-refractivity contribution < 1.29 is 4.79 Å². The second-order valence-electron chi connectivity index (χ2n) is 2.33. The number of carbonyl (C=O) groups excluding carboxylic acids is 1. The van der Waals surface area contributed by atoms with Crippen molar-refractivity contribution in [1.82, 2.24) is 16.2 Å². The van der Waals surface area contributed by atoms with Gasteiger partial charge in [-0.25, -0.2) is 5.43 Å². The Morgan fingerprint density at radius 1 is 1.82 bits per heavy atom. The van der Waals surface area contributed by atoms with Gasteiger partial charge in [-0.2, -0.15) is 0 Å². The van der Waals surface area contributed by atoms with Crippen molar-refractivity contribution in [1.29, 1.82) is 0 Å². The summed E-state index contributed by atoms with van der Waals surface area (Å²) in [5.74, 6) is 2.31. The van der Waals surface area contributed by atoms with Crippen molar-refractivity contribution in [3.63, 3.8) is 0 Å². The number of amides is 1. The number of terminal acetylenes is 1. The minimum Gasteiger partial charge on any atom is -0.344 e. The molecule has 1 fully saturated rings. The summed E-state index contributed by atoms with van der Waals surface area (Å²) in [5, 5.41) is 2.60. The van der Waals surface area contributed by atoms with Gasteiger partial charge in [-0.3, -0.25) is 10.2 Å². The molecule has 0 aromatic rings. The molecule has 0 spiro atoms. The monoisotopic (exact) mass is 153 g/mol. The molecule has 1 heterocycles. The van der Waals surface area contributed by atoms with Gasteiger partial charge in [0.15, 0.2) is 0 Å². The molecule has 0 aromatic carbocycles. The lowest BCUT2D eigenvalue weighted by Crippen LogP contribution is -2.43. The summed E-state index contributed by atoms with van der Waals surface area (Å²) >= 11 is 0. The molecule has 1 aliphatic heterocycles. The van der Waals surface area contributed by atoms with Crippen LogP contribution in [0.1, 0.15) is 6.42 Å². The molecule has 4 heteroatoms.